The lowest BCUT2D eigenvalue weighted by Crippen LogP contribution is -2.34. The Hall–Kier alpha value is -5.58. The summed E-state index contributed by atoms with van der Waals surface area (Å²) in [4.78, 5) is 54.0. The normalized spacial score (nSPS) is 12.6. The van der Waals surface area contributed by atoms with Gasteiger partial charge < -0.3 is 81.1 Å². The number of H-pyrrole nitrogens is 1. The highest BCUT2D eigenvalue weighted by Crippen LogP contribution is 2.18. The average Bonchev–Trinajstić information content (AvgIpc) is 3.59. The first-order valence-electron chi connectivity index (χ1n) is 18.2. The Bertz CT molecular complexity index is 1880. The molecule has 5 atom stereocenters. The maximum atomic E-state index is 10.6. The molecule has 0 aliphatic rings. The number of carboxylic acid groups (broad SMARTS) is 5. The van der Waals surface area contributed by atoms with Gasteiger partial charge in [0.25, 0.3) is 10.1 Å². The number of para-hydroxylation sites is 1. The summed E-state index contributed by atoms with van der Waals surface area (Å²) in [5.74, 6) is -4.36. The number of nitrogens with two attached hydrogens (primary N) is 7. The number of carbonyl (C=O) groups is 5. The largest absolute Gasteiger partial charge is 0.508 e. The van der Waals surface area contributed by atoms with E-state index in [1.54, 1.807) is 23.9 Å². The van der Waals surface area contributed by atoms with Gasteiger partial charge >= 0.3 is 29.8 Å². The standard InChI is InChI=1S/C11H12N2O2.C9H11NO3.C6H14N4O2.C5H11NO2S.C3H7NO2.C2H7NO3S/c12-9(11(14)15)5-7-6-13-10-4-2-1-3-8(7)10;10-8(9(12)13)5-6-1-3-7(11)4-2-6;7-4(5(11)12)2-1-3-10-6(8)9;1-9-3-2-4(6)5(7)8;1-2(4)3(5)6;3-1-2-7(4,5)6/h1-4,6,9,13H,5,12H2,(H,14,15);1-4,8,11H,5,10H2,(H,12,13);4H,1-3,7H2,(H,11,12)(H4,8,9,10);4H,2-3,6H2,1H3,(H,7,8);2H,4H2,1H3,(H,5,6);1-3H2,(H,4,5,6). The number of fused-ring (bicyclic) bond motifs is 1. The van der Waals surface area contributed by atoms with Crippen LogP contribution in [0.5, 0.6) is 5.75 Å². The Morgan fingerprint density at radius 3 is 1.65 bits per heavy atom. The molecule has 0 fully saturated rings. The van der Waals surface area contributed by atoms with E-state index in [4.69, 9.17) is 80.7 Å². The number of benzene rings is 2. The molecule has 352 valence electrons. The maximum Gasteiger partial charge on any atom is 0.320 e. The molecule has 26 heteroatoms. The van der Waals surface area contributed by atoms with Gasteiger partial charge in [0.2, 0.25) is 0 Å². The van der Waals surface area contributed by atoms with Gasteiger partial charge in [-0.3, -0.25) is 33.9 Å². The first-order chi connectivity index (χ1) is 28.7. The smallest absolute Gasteiger partial charge is 0.320 e. The first kappa shape index (κ1) is 60.7. The summed E-state index contributed by atoms with van der Waals surface area (Å²) < 4.78 is 27.3. The van der Waals surface area contributed by atoms with Gasteiger partial charge in [-0.25, -0.2) is 0 Å². The van der Waals surface area contributed by atoms with Gasteiger partial charge in [0.05, 0.1) is 5.75 Å². The number of aromatic nitrogens is 1. The Balaban J connectivity index is -0.000000693. The van der Waals surface area contributed by atoms with Crippen LogP contribution in [-0.2, 0) is 46.9 Å². The Kier molecular flexibility index (Phi) is 33.4. The fourth-order valence-corrected chi connectivity index (χ4v) is 4.57. The van der Waals surface area contributed by atoms with Crippen molar-refractivity contribution in [3.05, 3.63) is 65.9 Å². The van der Waals surface area contributed by atoms with E-state index in [-0.39, 0.29) is 30.4 Å². The quantitative estimate of drug-likeness (QED) is 0.0300. The summed E-state index contributed by atoms with van der Waals surface area (Å²) in [6.45, 7) is 1.87. The van der Waals surface area contributed by atoms with Gasteiger partial charge in [-0.05, 0) is 73.9 Å². The van der Waals surface area contributed by atoms with E-state index in [0.717, 1.165) is 27.8 Å². The third-order valence-electron chi connectivity index (χ3n) is 7.18. The number of aliphatic carboxylic acids is 5. The molecule has 3 aromatic rings. The molecule has 0 saturated carbocycles. The monoisotopic (exact) mass is 922 g/mol. The van der Waals surface area contributed by atoms with Crippen molar-refractivity contribution in [3.8, 4) is 5.75 Å². The van der Waals surface area contributed by atoms with Crippen molar-refractivity contribution in [2.45, 2.75) is 69.2 Å². The summed E-state index contributed by atoms with van der Waals surface area (Å²) in [7, 11) is -3.80. The summed E-state index contributed by atoms with van der Waals surface area (Å²) in [5, 5.41) is 61.1. The van der Waals surface area contributed by atoms with Gasteiger partial charge in [-0.15, -0.1) is 0 Å². The van der Waals surface area contributed by atoms with Crippen molar-refractivity contribution in [1.29, 1.82) is 5.41 Å². The highest BCUT2D eigenvalue weighted by atomic mass is 32.2. The zero-order valence-electron chi connectivity index (χ0n) is 34.3. The van der Waals surface area contributed by atoms with Crippen LogP contribution in [0.25, 0.3) is 10.9 Å². The number of nitrogens with one attached hydrogen (secondary N) is 3. The molecule has 0 aliphatic carbocycles. The molecule has 24 nitrogen and oxygen atoms in total. The molecule has 0 bridgehead atoms. The molecule has 3 rings (SSSR count). The third kappa shape index (κ3) is 34.2. The van der Waals surface area contributed by atoms with Crippen LogP contribution in [-0.4, -0.2) is 145 Å². The number of carboxylic acids is 5. The van der Waals surface area contributed by atoms with Crippen LogP contribution in [0.3, 0.4) is 0 Å². The van der Waals surface area contributed by atoms with Crippen molar-refractivity contribution >= 4 is 68.6 Å². The molecule has 1 aromatic heterocycles. The van der Waals surface area contributed by atoms with Crippen LogP contribution in [0, 0.1) is 5.41 Å². The third-order valence-corrected chi connectivity index (χ3v) is 8.58. The average molecular weight is 923 g/mol. The van der Waals surface area contributed by atoms with Crippen LogP contribution >= 0.6 is 11.8 Å². The SMILES string of the molecule is CC(N)C(=O)O.CSCCC(N)C(=O)O.N=C(N)NCCCC(N)C(=O)O.NC(Cc1c[nH]c2ccccc12)C(=O)O.NC(Cc1ccc(O)cc1)C(=O)O.NCCS(=O)(=O)O. The van der Waals surface area contributed by atoms with Gasteiger partial charge in [0.15, 0.2) is 5.96 Å². The number of aromatic amines is 1. The number of guanidine groups is 1. The van der Waals surface area contributed by atoms with Gasteiger partial charge in [0.1, 0.15) is 36.0 Å². The van der Waals surface area contributed by atoms with E-state index in [2.05, 4.69) is 10.3 Å². The van der Waals surface area contributed by atoms with Crippen LogP contribution in [0.4, 0.5) is 0 Å². The molecular formula is C36H62N10O14S2. The molecule has 0 saturated heterocycles. The number of phenolic OH excluding ortho intramolecular Hbond substituents is 1. The highest BCUT2D eigenvalue weighted by Gasteiger charge is 2.15. The molecule has 5 unspecified atom stereocenters. The van der Waals surface area contributed by atoms with Crippen molar-refractivity contribution in [1.82, 2.24) is 10.3 Å². The summed E-state index contributed by atoms with van der Waals surface area (Å²) in [6, 6.07) is 10.1. The van der Waals surface area contributed by atoms with Gasteiger partial charge in [-0.2, -0.15) is 20.2 Å². The molecule has 0 spiro atoms. The number of hydrogen-bond acceptors (Lipinski definition) is 16. The molecule has 0 amide bonds. The number of rotatable bonds is 18. The molecule has 0 radical (unpaired) electrons. The van der Waals surface area contributed by atoms with Crippen LogP contribution in [0.1, 0.15) is 37.3 Å². The Labute approximate surface area is 362 Å². The highest BCUT2D eigenvalue weighted by molar-refractivity contribution is 7.98. The fraction of sp³-hybridized carbons (Fsp3) is 0.444. The van der Waals surface area contributed by atoms with Crippen LogP contribution in [0.15, 0.2) is 54.7 Å². The molecule has 2 aromatic carbocycles. The Morgan fingerprint density at radius 2 is 1.24 bits per heavy atom. The molecule has 62 heavy (non-hydrogen) atoms. The van der Waals surface area contributed by atoms with Crippen LogP contribution < -0.4 is 45.5 Å². The zero-order chi connectivity index (χ0) is 48.6. The number of thioether (sulfide) groups is 1. The number of phenols is 1. The van der Waals surface area contributed by atoms with E-state index in [1.807, 2.05) is 36.7 Å². The second-order valence-corrected chi connectivity index (χ2v) is 15.2. The van der Waals surface area contributed by atoms with Crippen molar-refractivity contribution < 1.29 is 67.6 Å². The van der Waals surface area contributed by atoms with Gasteiger partial charge in [0, 0.05) is 36.6 Å². The van der Waals surface area contributed by atoms with E-state index in [9.17, 15) is 32.4 Å². The van der Waals surface area contributed by atoms with Crippen molar-refractivity contribution in [2.24, 2.45) is 40.1 Å². The maximum absolute atomic E-state index is 10.6. The van der Waals surface area contributed by atoms with E-state index in [0.29, 0.717) is 32.2 Å². The number of aromatic hydroxyl groups is 1. The lowest BCUT2D eigenvalue weighted by molar-refractivity contribution is -0.139. The second kappa shape index (κ2) is 34.1. The molecular weight excluding hydrogens is 861 g/mol. The molecule has 1 heterocycles. The van der Waals surface area contributed by atoms with Gasteiger partial charge in [-0.1, -0.05) is 30.3 Å². The van der Waals surface area contributed by atoms with Crippen molar-refractivity contribution in [2.75, 3.05) is 30.9 Å². The molecule has 24 N–H and O–H groups in total. The lowest BCUT2D eigenvalue weighted by atomic mass is 10.1. The van der Waals surface area contributed by atoms with E-state index in [1.165, 1.54) is 19.1 Å². The summed E-state index contributed by atoms with van der Waals surface area (Å²) >= 11 is 1.60. The molecule has 0 aliphatic heterocycles. The topological polar surface area (TPSA) is 495 Å². The first-order valence-corrected chi connectivity index (χ1v) is 21.2. The fourth-order valence-electron chi connectivity index (χ4n) is 3.78. The number of hydrogen-bond donors (Lipinski definition) is 17. The lowest BCUT2D eigenvalue weighted by Gasteiger charge is -2.06. The minimum Gasteiger partial charge on any atom is -0.508 e. The minimum absolute atomic E-state index is 0.0289. The summed E-state index contributed by atoms with van der Waals surface area (Å²) in [5.41, 5.74) is 38.6. The Morgan fingerprint density at radius 1 is 0.774 bits per heavy atom. The van der Waals surface area contributed by atoms with E-state index >= 15 is 0 Å². The predicted octanol–water partition coefficient (Wildman–Crippen LogP) is -1.47. The minimum atomic E-state index is -3.80. The summed E-state index contributed by atoms with van der Waals surface area (Å²) in [6.07, 6.45) is 5.89. The van der Waals surface area contributed by atoms with E-state index < -0.39 is 70.2 Å². The van der Waals surface area contributed by atoms with Crippen molar-refractivity contribution in [3.63, 3.8) is 0 Å². The predicted molar refractivity (Wildman–Crippen MR) is 235 cm³/mol. The zero-order valence-corrected chi connectivity index (χ0v) is 35.9. The van der Waals surface area contributed by atoms with Crippen LogP contribution in [0.2, 0.25) is 0 Å². The second-order valence-electron chi connectivity index (χ2n) is 12.7.